The summed E-state index contributed by atoms with van der Waals surface area (Å²) in [4.78, 5) is 0. The Hall–Kier alpha value is -1.73. The van der Waals surface area contributed by atoms with Gasteiger partial charge in [-0.15, -0.1) is 11.3 Å². The van der Waals surface area contributed by atoms with Crippen LogP contribution in [0.4, 0.5) is 11.4 Å². The molecule has 0 atom stereocenters. The van der Waals surface area contributed by atoms with Crippen LogP contribution < -0.4 is 11.5 Å². The molecule has 0 saturated carbocycles. The van der Waals surface area contributed by atoms with Gasteiger partial charge in [0.15, 0.2) is 0 Å². The lowest BCUT2D eigenvalue weighted by atomic mass is 10.1. The Labute approximate surface area is 79.2 Å². The number of nitrogen functional groups attached to an aromatic ring is 2. The molecule has 0 radical (unpaired) electrons. The maximum absolute atomic E-state index is 8.73. The van der Waals surface area contributed by atoms with Crippen molar-refractivity contribution in [2.24, 2.45) is 0 Å². The Morgan fingerprint density at radius 2 is 2.08 bits per heavy atom. The molecule has 0 fully saturated rings. The molecule has 64 valence electrons. The number of nitrogens with two attached hydrogens (primary N) is 2. The minimum absolute atomic E-state index is 0.509. The number of thiophene rings is 1. The van der Waals surface area contributed by atoms with E-state index in [0.717, 1.165) is 15.8 Å². The lowest BCUT2D eigenvalue weighted by molar-refractivity contribution is 1.50. The molecule has 0 aliphatic carbocycles. The normalized spacial score (nSPS) is 10.1. The molecule has 0 aliphatic heterocycles. The van der Waals surface area contributed by atoms with Crippen molar-refractivity contribution in [1.82, 2.24) is 0 Å². The van der Waals surface area contributed by atoms with Crippen molar-refractivity contribution in [3.8, 4) is 6.07 Å². The minimum Gasteiger partial charge on any atom is -0.398 e. The summed E-state index contributed by atoms with van der Waals surface area (Å²) < 4.78 is 0.900. The van der Waals surface area contributed by atoms with E-state index < -0.39 is 0 Å². The van der Waals surface area contributed by atoms with Crippen LogP contribution in [0, 0.1) is 11.3 Å². The standard InChI is InChI=1S/C9H7N3S/c10-3-5-1-2-6-7(11)4-13-9(6)8(5)12/h1-2,4H,11-12H2. The number of hydrogen-bond donors (Lipinski definition) is 2. The van der Waals surface area contributed by atoms with Crippen LogP contribution >= 0.6 is 11.3 Å². The molecule has 0 aliphatic rings. The van der Waals surface area contributed by atoms with Crippen molar-refractivity contribution >= 4 is 32.8 Å². The summed E-state index contributed by atoms with van der Waals surface area (Å²) in [6, 6.07) is 5.56. The van der Waals surface area contributed by atoms with Crippen LogP contribution in [-0.4, -0.2) is 0 Å². The second-order valence-electron chi connectivity index (χ2n) is 2.71. The summed E-state index contributed by atoms with van der Waals surface area (Å²) >= 11 is 1.47. The fourth-order valence-corrected chi connectivity index (χ4v) is 2.16. The fraction of sp³-hybridized carbons (Fsp3) is 0. The van der Waals surface area contributed by atoms with E-state index >= 15 is 0 Å². The molecule has 1 aromatic carbocycles. The van der Waals surface area contributed by atoms with Crippen LogP contribution in [-0.2, 0) is 0 Å². The van der Waals surface area contributed by atoms with Gasteiger partial charge < -0.3 is 11.5 Å². The van der Waals surface area contributed by atoms with Gasteiger partial charge in [0.1, 0.15) is 6.07 Å². The zero-order valence-corrected chi connectivity index (χ0v) is 7.56. The van der Waals surface area contributed by atoms with Crippen LogP contribution in [0.25, 0.3) is 10.1 Å². The summed E-state index contributed by atoms with van der Waals surface area (Å²) in [5.41, 5.74) is 13.2. The van der Waals surface area contributed by atoms with E-state index in [2.05, 4.69) is 0 Å². The van der Waals surface area contributed by atoms with E-state index in [0.29, 0.717) is 11.3 Å². The second kappa shape index (κ2) is 2.64. The third-order valence-corrected chi connectivity index (χ3v) is 2.98. The molecule has 0 amide bonds. The van der Waals surface area contributed by atoms with E-state index in [1.54, 1.807) is 6.07 Å². The van der Waals surface area contributed by atoms with Gasteiger partial charge in [0.25, 0.3) is 0 Å². The lowest BCUT2D eigenvalue weighted by Gasteiger charge is -1.98. The first-order chi connectivity index (χ1) is 6.24. The van der Waals surface area contributed by atoms with Crippen LogP contribution in [0.1, 0.15) is 5.56 Å². The Morgan fingerprint density at radius 1 is 1.31 bits per heavy atom. The van der Waals surface area contributed by atoms with Gasteiger partial charge in [-0.3, -0.25) is 0 Å². The molecule has 4 N–H and O–H groups in total. The third kappa shape index (κ3) is 1.02. The highest BCUT2D eigenvalue weighted by atomic mass is 32.1. The predicted octanol–water partition coefficient (Wildman–Crippen LogP) is 1.94. The Balaban J connectivity index is 2.90. The highest BCUT2D eigenvalue weighted by Crippen LogP contribution is 2.33. The van der Waals surface area contributed by atoms with Crippen molar-refractivity contribution < 1.29 is 0 Å². The molecule has 3 nitrogen and oxygen atoms in total. The van der Waals surface area contributed by atoms with Crippen LogP contribution in [0.15, 0.2) is 17.5 Å². The molecule has 0 bridgehead atoms. The summed E-state index contributed by atoms with van der Waals surface area (Å²) in [5.74, 6) is 0. The predicted molar refractivity (Wildman–Crippen MR) is 55.4 cm³/mol. The summed E-state index contributed by atoms with van der Waals surface area (Å²) in [6.45, 7) is 0. The molecule has 0 spiro atoms. The molecule has 4 heteroatoms. The highest BCUT2D eigenvalue weighted by molar-refractivity contribution is 7.18. The molecule has 1 aromatic heterocycles. The smallest absolute Gasteiger partial charge is 0.101 e. The molecule has 2 rings (SSSR count). The molecule has 0 saturated heterocycles. The highest BCUT2D eigenvalue weighted by Gasteiger charge is 2.07. The molecule has 0 unspecified atom stereocenters. The first-order valence-electron chi connectivity index (χ1n) is 3.69. The fourth-order valence-electron chi connectivity index (χ4n) is 1.24. The van der Waals surface area contributed by atoms with E-state index in [4.69, 9.17) is 16.7 Å². The van der Waals surface area contributed by atoms with Gasteiger partial charge in [-0.1, -0.05) is 0 Å². The number of benzene rings is 1. The first-order valence-corrected chi connectivity index (χ1v) is 4.57. The minimum atomic E-state index is 0.509. The largest absolute Gasteiger partial charge is 0.398 e. The topological polar surface area (TPSA) is 75.8 Å². The van der Waals surface area contributed by atoms with Crippen LogP contribution in [0.5, 0.6) is 0 Å². The average Bonchev–Trinajstić information content (AvgIpc) is 2.50. The van der Waals surface area contributed by atoms with E-state index in [-0.39, 0.29) is 0 Å². The van der Waals surface area contributed by atoms with Crippen LogP contribution in [0.2, 0.25) is 0 Å². The van der Waals surface area contributed by atoms with Gasteiger partial charge in [0.2, 0.25) is 0 Å². The van der Waals surface area contributed by atoms with Crippen molar-refractivity contribution in [2.45, 2.75) is 0 Å². The lowest BCUT2D eigenvalue weighted by Crippen LogP contribution is -1.90. The van der Waals surface area contributed by atoms with E-state index in [9.17, 15) is 0 Å². The number of hydrogen-bond acceptors (Lipinski definition) is 4. The Morgan fingerprint density at radius 3 is 2.77 bits per heavy atom. The third-order valence-electron chi connectivity index (χ3n) is 1.93. The van der Waals surface area contributed by atoms with Gasteiger partial charge in [-0.2, -0.15) is 5.26 Å². The summed E-state index contributed by atoms with van der Waals surface area (Å²) in [6.07, 6.45) is 0. The number of nitrogens with zero attached hydrogens (tertiary/aromatic N) is 1. The zero-order chi connectivity index (χ0) is 9.42. The Kier molecular flexibility index (Phi) is 1.61. The maximum Gasteiger partial charge on any atom is 0.101 e. The number of rotatable bonds is 0. The first kappa shape index (κ1) is 7.90. The number of fused-ring (bicyclic) bond motifs is 1. The van der Waals surface area contributed by atoms with Gasteiger partial charge >= 0.3 is 0 Å². The molecular weight excluding hydrogens is 182 g/mol. The SMILES string of the molecule is N#Cc1ccc2c(N)csc2c1N. The number of nitriles is 1. The molecule has 2 aromatic rings. The average molecular weight is 189 g/mol. The second-order valence-corrected chi connectivity index (χ2v) is 3.59. The van der Waals surface area contributed by atoms with E-state index in [1.165, 1.54) is 11.3 Å². The van der Waals surface area contributed by atoms with Crippen molar-refractivity contribution in [3.05, 3.63) is 23.1 Å². The Bertz CT molecular complexity index is 507. The monoisotopic (exact) mass is 189 g/mol. The molecule has 13 heavy (non-hydrogen) atoms. The van der Waals surface area contributed by atoms with Crippen molar-refractivity contribution in [1.29, 1.82) is 5.26 Å². The van der Waals surface area contributed by atoms with Gasteiger partial charge in [-0.25, -0.2) is 0 Å². The molecular formula is C9H7N3S. The zero-order valence-electron chi connectivity index (χ0n) is 6.74. The van der Waals surface area contributed by atoms with Gasteiger partial charge in [0, 0.05) is 10.8 Å². The quantitative estimate of drug-likeness (QED) is 0.622. The maximum atomic E-state index is 8.73. The van der Waals surface area contributed by atoms with Crippen LogP contribution in [0.3, 0.4) is 0 Å². The van der Waals surface area contributed by atoms with Gasteiger partial charge in [0.05, 0.1) is 21.6 Å². The molecule has 1 heterocycles. The number of anilines is 2. The van der Waals surface area contributed by atoms with E-state index in [1.807, 2.05) is 17.5 Å². The van der Waals surface area contributed by atoms with Gasteiger partial charge in [-0.05, 0) is 12.1 Å². The summed E-state index contributed by atoms with van der Waals surface area (Å²) in [7, 11) is 0. The van der Waals surface area contributed by atoms with Crippen molar-refractivity contribution in [3.63, 3.8) is 0 Å². The summed E-state index contributed by atoms with van der Waals surface area (Å²) in [5, 5.41) is 11.5. The van der Waals surface area contributed by atoms with Crippen molar-refractivity contribution in [2.75, 3.05) is 11.5 Å².